The zero-order valence-electron chi connectivity index (χ0n) is 9.99. The Balaban J connectivity index is 2.29. The van der Waals surface area contributed by atoms with Crippen LogP contribution in [0.5, 0.6) is 0 Å². The molecule has 1 aromatic heterocycles. The molecule has 1 aromatic carbocycles. The van der Waals surface area contributed by atoms with Crippen molar-refractivity contribution in [1.82, 2.24) is 5.16 Å². The van der Waals surface area contributed by atoms with E-state index in [9.17, 15) is 4.39 Å². The fraction of sp³-hybridized carbons (Fsp3) is 0.308. The summed E-state index contributed by atoms with van der Waals surface area (Å²) in [5.74, 6) is 0.361. The number of hydrogen-bond donors (Lipinski definition) is 1. The van der Waals surface area contributed by atoms with Gasteiger partial charge in [-0.25, -0.2) is 4.39 Å². The van der Waals surface area contributed by atoms with E-state index < -0.39 is 0 Å². The minimum atomic E-state index is -0.294. The summed E-state index contributed by atoms with van der Waals surface area (Å²) in [5.41, 5.74) is 7.40. The smallest absolute Gasteiger partial charge is 0.154 e. The third-order valence-electron chi connectivity index (χ3n) is 2.70. The molecule has 0 fully saturated rings. The molecule has 0 saturated carbocycles. The van der Waals surface area contributed by atoms with Crippen molar-refractivity contribution in [2.75, 3.05) is 0 Å². The molecule has 0 aliphatic carbocycles. The Labute approximate surface area is 113 Å². The SMILES string of the molecule is CCCC(N)c1cc(-c2ccc(F)cc2Br)no1. The standard InChI is InChI=1S/C13H14BrFN2O/c1-2-3-11(16)13-7-12(17-18-13)9-5-4-8(15)6-10(9)14/h4-7,11H,2-3,16H2,1H3. The monoisotopic (exact) mass is 312 g/mol. The number of aromatic nitrogens is 1. The quantitative estimate of drug-likeness (QED) is 0.926. The van der Waals surface area contributed by atoms with Gasteiger partial charge in [-0.05, 0) is 40.5 Å². The molecule has 1 heterocycles. The second-order valence-electron chi connectivity index (χ2n) is 4.13. The van der Waals surface area contributed by atoms with E-state index >= 15 is 0 Å². The molecule has 0 aliphatic heterocycles. The van der Waals surface area contributed by atoms with Gasteiger partial charge in [0.25, 0.3) is 0 Å². The lowest BCUT2D eigenvalue weighted by molar-refractivity contribution is 0.356. The molecule has 0 bridgehead atoms. The van der Waals surface area contributed by atoms with Crippen LogP contribution in [-0.2, 0) is 0 Å². The Hall–Kier alpha value is -1.20. The number of halogens is 2. The van der Waals surface area contributed by atoms with Crippen molar-refractivity contribution in [3.8, 4) is 11.3 Å². The Kier molecular flexibility index (Phi) is 4.14. The minimum absolute atomic E-state index is 0.143. The van der Waals surface area contributed by atoms with Crippen molar-refractivity contribution in [2.24, 2.45) is 5.73 Å². The van der Waals surface area contributed by atoms with Gasteiger partial charge in [-0.1, -0.05) is 18.5 Å². The summed E-state index contributed by atoms with van der Waals surface area (Å²) in [7, 11) is 0. The zero-order chi connectivity index (χ0) is 13.1. The van der Waals surface area contributed by atoms with E-state index in [1.807, 2.05) is 0 Å². The highest BCUT2D eigenvalue weighted by Gasteiger charge is 2.14. The van der Waals surface area contributed by atoms with Crippen molar-refractivity contribution >= 4 is 15.9 Å². The van der Waals surface area contributed by atoms with Crippen LogP contribution in [-0.4, -0.2) is 5.16 Å². The Morgan fingerprint density at radius 2 is 2.22 bits per heavy atom. The van der Waals surface area contributed by atoms with Crippen LogP contribution >= 0.6 is 15.9 Å². The van der Waals surface area contributed by atoms with Crippen LogP contribution in [0.15, 0.2) is 33.3 Å². The van der Waals surface area contributed by atoms with E-state index in [0.717, 1.165) is 18.4 Å². The predicted molar refractivity (Wildman–Crippen MR) is 71.4 cm³/mol. The summed E-state index contributed by atoms with van der Waals surface area (Å²) in [4.78, 5) is 0. The minimum Gasteiger partial charge on any atom is -0.359 e. The van der Waals surface area contributed by atoms with Gasteiger partial charge in [0.1, 0.15) is 11.5 Å². The lowest BCUT2D eigenvalue weighted by Crippen LogP contribution is -2.08. The molecule has 0 saturated heterocycles. The van der Waals surface area contributed by atoms with E-state index in [1.54, 1.807) is 12.1 Å². The van der Waals surface area contributed by atoms with E-state index in [2.05, 4.69) is 28.0 Å². The summed E-state index contributed by atoms with van der Waals surface area (Å²) in [5, 5.41) is 3.97. The number of rotatable bonds is 4. The number of nitrogens with zero attached hydrogens (tertiary/aromatic N) is 1. The van der Waals surface area contributed by atoms with E-state index in [0.29, 0.717) is 15.9 Å². The van der Waals surface area contributed by atoms with Crippen LogP contribution in [0.3, 0.4) is 0 Å². The molecule has 18 heavy (non-hydrogen) atoms. The van der Waals surface area contributed by atoms with Gasteiger partial charge in [0.2, 0.25) is 0 Å². The molecule has 1 atom stereocenters. The third-order valence-corrected chi connectivity index (χ3v) is 3.36. The Morgan fingerprint density at radius 3 is 2.89 bits per heavy atom. The highest BCUT2D eigenvalue weighted by atomic mass is 79.9. The summed E-state index contributed by atoms with van der Waals surface area (Å²) in [6.07, 6.45) is 1.83. The number of nitrogens with two attached hydrogens (primary N) is 1. The molecule has 2 aromatic rings. The number of hydrogen-bond acceptors (Lipinski definition) is 3. The molecule has 2 rings (SSSR count). The fourth-order valence-corrected chi connectivity index (χ4v) is 2.30. The van der Waals surface area contributed by atoms with Crippen molar-refractivity contribution in [2.45, 2.75) is 25.8 Å². The third kappa shape index (κ3) is 2.79. The normalized spacial score (nSPS) is 12.7. The molecule has 0 radical (unpaired) electrons. The van der Waals surface area contributed by atoms with Gasteiger partial charge >= 0.3 is 0 Å². The highest BCUT2D eigenvalue weighted by molar-refractivity contribution is 9.10. The maximum absolute atomic E-state index is 13.0. The molecule has 1 unspecified atom stereocenters. The summed E-state index contributed by atoms with van der Waals surface area (Å²) < 4.78 is 18.9. The van der Waals surface area contributed by atoms with Crippen LogP contribution in [0.25, 0.3) is 11.3 Å². The van der Waals surface area contributed by atoms with Crippen molar-refractivity contribution in [3.63, 3.8) is 0 Å². The van der Waals surface area contributed by atoms with Crippen LogP contribution in [0.2, 0.25) is 0 Å². The largest absolute Gasteiger partial charge is 0.359 e. The van der Waals surface area contributed by atoms with Crippen LogP contribution in [0.1, 0.15) is 31.6 Å². The molecule has 2 N–H and O–H groups in total. The van der Waals surface area contributed by atoms with Crippen LogP contribution in [0.4, 0.5) is 4.39 Å². The van der Waals surface area contributed by atoms with Gasteiger partial charge in [0.05, 0.1) is 6.04 Å². The summed E-state index contributed by atoms with van der Waals surface area (Å²) in [6.45, 7) is 2.06. The van der Waals surface area contributed by atoms with E-state index in [4.69, 9.17) is 10.3 Å². The predicted octanol–water partition coefficient (Wildman–Crippen LogP) is 4.04. The van der Waals surface area contributed by atoms with Gasteiger partial charge in [-0.3, -0.25) is 0 Å². The van der Waals surface area contributed by atoms with Gasteiger partial charge in [0.15, 0.2) is 5.76 Å². The molecule has 0 spiro atoms. The summed E-state index contributed by atoms with van der Waals surface area (Å²) in [6, 6.07) is 6.11. The first kappa shape index (κ1) is 13.2. The van der Waals surface area contributed by atoms with Gasteiger partial charge < -0.3 is 10.3 Å². The van der Waals surface area contributed by atoms with E-state index in [-0.39, 0.29) is 11.9 Å². The second-order valence-corrected chi connectivity index (χ2v) is 4.99. The molecule has 96 valence electrons. The van der Waals surface area contributed by atoms with Crippen molar-refractivity contribution in [3.05, 3.63) is 40.3 Å². The Morgan fingerprint density at radius 1 is 1.44 bits per heavy atom. The average molecular weight is 313 g/mol. The highest BCUT2D eigenvalue weighted by Crippen LogP contribution is 2.30. The summed E-state index contributed by atoms with van der Waals surface area (Å²) >= 11 is 3.31. The second kappa shape index (κ2) is 5.63. The molecule has 5 heteroatoms. The molecule has 3 nitrogen and oxygen atoms in total. The molecular weight excluding hydrogens is 299 g/mol. The first-order valence-corrected chi connectivity index (χ1v) is 6.58. The number of benzene rings is 1. The first-order chi connectivity index (χ1) is 8.61. The van der Waals surface area contributed by atoms with Crippen LogP contribution in [0, 0.1) is 5.82 Å². The topological polar surface area (TPSA) is 52.0 Å². The fourth-order valence-electron chi connectivity index (χ4n) is 1.74. The lowest BCUT2D eigenvalue weighted by atomic mass is 10.1. The zero-order valence-corrected chi connectivity index (χ0v) is 11.6. The Bertz CT molecular complexity index is 542. The molecular formula is C13H14BrFN2O. The van der Waals surface area contributed by atoms with Crippen molar-refractivity contribution in [1.29, 1.82) is 0 Å². The van der Waals surface area contributed by atoms with Crippen LogP contribution < -0.4 is 5.73 Å². The maximum atomic E-state index is 13.0. The maximum Gasteiger partial charge on any atom is 0.154 e. The average Bonchev–Trinajstić information content (AvgIpc) is 2.78. The molecule has 0 amide bonds. The first-order valence-electron chi connectivity index (χ1n) is 5.79. The molecule has 0 aliphatic rings. The van der Waals surface area contributed by atoms with Gasteiger partial charge in [-0.2, -0.15) is 0 Å². The van der Waals surface area contributed by atoms with Crippen molar-refractivity contribution < 1.29 is 8.91 Å². The lowest BCUT2D eigenvalue weighted by Gasteiger charge is -2.03. The van der Waals surface area contributed by atoms with E-state index in [1.165, 1.54) is 12.1 Å². The van der Waals surface area contributed by atoms with Gasteiger partial charge in [0, 0.05) is 16.1 Å². The van der Waals surface area contributed by atoms with Gasteiger partial charge in [-0.15, -0.1) is 0 Å².